The largest absolute Gasteiger partial charge is 0.352 e. The number of nitrogens with one attached hydrogen (secondary N) is 1. The normalized spacial score (nSPS) is 10.6. The molecule has 0 unspecified atom stereocenters. The number of carbonyl (C=O) groups excluding carboxylic acids is 1. The van der Waals surface area contributed by atoms with Crippen LogP contribution >= 0.6 is 11.6 Å². The molecule has 2 nitrogen and oxygen atoms in total. The van der Waals surface area contributed by atoms with Crippen LogP contribution in [0.5, 0.6) is 0 Å². The Hall–Kier alpha value is -1.09. The highest BCUT2D eigenvalue weighted by Gasteiger charge is 2.10. The number of benzene rings is 1. The molecule has 0 heterocycles. The zero-order valence-electron chi connectivity index (χ0n) is 10.1. The molecule has 0 atom stereocenters. The fraction of sp³-hybridized carbons (Fsp3) is 0.462. The van der Waals surface area contributed by atoms with Gasteiger partial charge in [0.15, 0.2) is 0 Å². The van der Waals surface area contributed by atoms with Crippen molar-refractivity contribution in [1.29, 1.82) is 0 Å². The van der Waals surface area contributed by atoms with Crippen LogP contribution < -0.4 is 5.32 Å². The number of rotatable bonds is 5. The van der Waals surface area contributed by atoms with Crippen LogP contribution in [0.2, 0.25) is 5.02 Å². The van der Waals surface area contributed by atoms with Gasteiger partial charge in [0.25, 0.3) is 5.91 Å². The van der Waals surface area contributed by atoms with E-state index < -0.39 is 5.82 Å². The maximum Gasteiger partial charge on any atom is 0.251 e. The van der Waals surface area contributed by atoms with Crippen molar-refractivity contribution in [2.45, 2.75) is 26.7 Å². The second-order valence-electron chi connectivity index (χ2n) is 4.02. The van der Waals surface area contributed by atoms with Gasteiger partial charge in [0.05, 0.1) is 5.02 Å². The highest BCUT2D eigenvalue weighted by molar-refractivity contribution is 6.30. The lowest BCUT2D eigenvalue weighted by Gasteiger charge is -2.13. The van der Waals surface area contributed by atoms with Crippen molar-refractivity contribution in [3.8, 4) is 0 Å². The third-order valence-electron chi connectivity index (χ3n) is 2.89. The number of hydrogen-bond acceptors (Lipinski definition) is 1. The molecule has 0 aliphatic rings. The van der Waals surface area contributed by atoms with E-state index in [1.165, 1.54) is 12.1 Å². The van der Waals surface area contributed by atoms with Gasteiger partial charge >= 0.3 is 0 Å². The third-order valence-corrected chi connectivity index (χ3v) is 3.19. The standard InChI is InChI=1S/C13H17ClFNO/c1-3-9(4-2)8-16-13(17)10-5-6-11(14)12(15)7-10/h5-7,9H,3-4,8H2,1-2H3,(H,16,17). The molecule has 1 amide bonds. The Morgan fingerprint density at radius 3 is 2.59 bits per heavy atom. The molecule has 0 spiro atoms. The van der Waals surface area contributed by atoms with Crippen LogP contribution in [-0.2, 0) is 0 Å². The molecule has 0 saturated heterocycles. The molecule has 0 bridgehead atoms. The van der Waals surface area contributed by atoms with Gasteiger partial charge in [-0.15, -0.1) is 0 Å². The molecule has 4 heteroatoms. The van der Waals surface area contributed by atoms with Gasteiger partial charge in [-0.3, -0.25) is 4.79 Å². The van der Waals surface area contributed by atoms with E-state index in [2.05, 4.69) is 19.2 Å². The second-order valence-corrected chi connectivity index (χ2v) is 4.43. The Morgan fingerprint density at radius 1 is 1.41 bits per heavy atom. The fourth-order valence-electron chi connectivity index (χ4n) is 1.55. The zero-order chi connectivity index (χ0) is 12.8. The Bertz CT molecular complexity index is 391. The van der Waals surface area contributed by atoms with Crippen LogP contribution in [0, 0.1) is 11.7 Å². The smallest absolute Gasteiger partial charge is 0.251 e. The number of hydrogen-bond donors (Lipinski definition) is 1. The Labute approximate surface area is 106 Å². The Kier molecular flexibility index (Phi) is 5.42. The first-order valence-electron chi connectivity index (χ1n) is 5.81. The van der Waals surface area contributed by atoms with E-state index in [4.69, 9.17) is 11.6 Å². The number of carbonyl (C=O) groups is 1. The molecule has 0 aliphatic carbocycles. The molecule has 0 aromatic heterocycles. The van der Waals surface area contributed by atoms with E-state index in [9.17, 15) is 9.18 Å². The van der Waals surface area contributed by atoms with Gasteiger partial charge in [0.2, 0.25) is 0 Å². The van der Waals surface area contributed by atoms with Gasteiger partial charge in [-0.2, -0.15) is 0 Å². The predicted molar refractivity (Wildman–Crippen MR) is 67.8 cm³/mol. The maximum absolute atomic E-state index is 13.2. The van der Waals surface area contributed by atoms with Crippen molar-refractivity contribution in [1.82, 2.24) is 5.32 Å². The highest BCUT2D eigenvalue weighted by atomic mass is 35.5. The summed E-state index contributed by atoms with van der Waals surface area (Å²) in [5, 5.41) is 2.83. The van der Waals surface area contributed by atoms with E-state index in [1.54, 1.807) is 0 Å². The van der Waals surface area contributed by atoms with Gasteiger partial charge in [-0.25, -0.2) is 4.39 Å². The van der Waals surface area contributed by atoms with Gasteiger partial charge in [0, 0.05) is 12.1 Å². The Balaban J connectivity index is 2.61. The summed E-state index contributed by atoms with van der Waals surface area (Å²) in [5.74, 6) is -0.356. The highest BCUT2D eigenvalue weighted by Crippen LogP contribution is 2.15. The van der Waals surface area contributed by atoms with Crippen LogP contribution in [0.25, 0.3) is 0 Å². The summed E-state index contributed by atoms with van der Waals surface area (Å²) in [6.45, 7) is 4.79. The molecule has 1 aromatic rings. The van der Waals surface area contributed by atoms with Gasteiger partial charge < -0.3 is 5.32 Å². The molecule has 0 radical (unpaired) electrons. The third kappa shape index (κ3) is 4.00. The molecular weight excluding hydrogens is 241 g/mol. The first-order chi connectivity index (χ1) is 8.08. The van der Waals surface area contributed by atoms with E-state index in [0.717, 1.165) is 18.9 Å². The first kappa shape index (κ1) is 14.0. The predicted octanol–water partition coefficient (Wildman–Crippen LogP) is 3.65. The van der Waals surface area contributed by atoms with Crippen LogP contribution in [-0.4, -0.2) is 12.5 Å². The van der Waals surface area contributed by atoms with Crippen LogP contribution in [0.1, 0.15) is 37.0 Å². The van der Waals surface area contributed by atoms with Gasteiger partial charge in [0.1, 0.15) is 5.82 Å². The lowest BCUT2D eigenvalue weighted by molar-refractivity contribution is 0.0946. The van der Waals surface area contributed by atoms with Crippen LogP contribution in [0.4, 0.5) is 4.39 Å². The summed E-state index contributed by atoms with van der Waals surface area (Å²) in [4.78, 5) is 11.7. The topological polar surface area (TPSA) is 29.1 Å². The molecule has 1 rings (SSSR count). The second kappa shape index (κ2) is 6.60. The average Bonchev–Trinajstić information content (AvgIpc) is 2.33. The van der Waals surface area contributed by atoms with Crippen molar-refractivity contribution < 1.29 is 9.18 Å². The molecule has 1 N–H and O–H groups in total. The monoisotopic (exact) mass is 257 g/mol. The van der Waals surface area contributed by atoms with Crippen molar-refractivity contribution in [2.75, 3.05) is 6.54 Å². The van der Waals surface area contributed by atoms with E-state index in [1.807, 2.05) is 0 Å². The quantitative estimate of drug-likeness (QED) is 0.857. The number of amides is 1. The summed E-state index contributed by atoms with van der Waals surface area (Å²) in [5.41, 5.74) is 0.304. The van der Waals surface area contributed by atoms with E-state index in [-0.39, 0.29) is 10.9 Å². The Morgan fingerprint density at radius 2 is 2.06 bits per heavy atom. The van der Waals surface area contributed by atoms with Crippen molar-refractivity contribution in [2.24, 2.45) is 5.92 Å². The van der Waals surface area contributed by atoms with Crippen LogP contribution in [0.15, 0.2) is 18.2 Å². The molecule has 0 fully saturated rings. The van der Waals surface area contributed by atoms with Crippen molar-refractivity contribution in [3.05, 3.63) is 34.6 Å². The van der Waals surface area contributed by atoms with E-state index >= 15 is 0 Å². The molecular formula is C13H17ClFNO. The van der Waals surface area contributed by atoms with Crippen LogP contribution in [0.3, 0.4) is 0 Å². The summed E-state index contributed by atoms with van der Waals surface area (Å²) in [6, 6.07) is 4.07. The van der Waals surface area contributed by atoms with Gasteiger partial charge in [-0.05, 0) is 24.1 Å². The summed E-state index contributed by atoms with van der Waals surface area (Å²) in [7, 11) is 0. The molecule has 0 saturated carbocycles. The molecule has 94 valence electrons. The van der Waals surface area contributed by atoms with Gasteiger partial charge in [-0.1, -0.05) is 38.3 Å². The van der Waals surface area contributed by atoms with E-state index in [0.29, 0.717) is 18.0 Å². The minimum Gasteiger partial charge on any atom is -0.352 e. The minimum absolute atomic E-state index is 0.0292. The summed E-state index contributed by atoms with van der Waals surface area (Å²) < 4.78 is 13.2. The summed E-state index contributed by atoms with van der Waals surface area (Å²) >= 11 is 5.55. The van der Waals surface area contributed by atoms with Crippen molar-refractivity contribution >= 4 is 17.5 Å². The van der Waals surface area contributed by atoms with Crippen molar-refractivity contribution in [3.63, 3.8) is 0 Å². The average molecular weight is 258 g/mol. The minimum atomic E-state index is -0.568. The zero-order valence-corrected chi connectivity index (χ0v) is 10.9. The lowest BCUT2D eigenvalue weighted by Crippen LogP contribution is -2.28. The summed E-state index contributed by atoms with van der Waals surface area (Å²) in [6.07, 6.45) is 2.04. The number of halogens is 2. The maximum atomic E-state index is 13.2. The fourth-order valence-corrected chi connectivity index (χ4v) is 1.67. The molecule has 17 heavy (non-hydrogen) atoms. The first-order valence-corrected chi connectivity index (χ1v) is 6.19. The molecule has 0 aliphatic heterocycles. The SMILES string of the molecule is CCC(CC)CNC(=O)c1ccc(Cl)c(F)c1. The lowest BCUT2D eigenvalue weighted by atomic mass is 10.0. The molecule has 1 aromatic carbocycles.